The van der Waals surface area contributed by atoms with Crippen molar-refractivity contribution in [1.82, 2.24) is 16.2 Å². The van der Waals surface area contributed by atoms with Crippen molar-refractivity contribution in [1.29, 1.82) is 0 Å². The fraction of sp³-hybridized carbons (Fsp3) is 0.250. The van der Waals surface area contributed by atoms with Gasteiger partial charge in [0.15, 0.2) is 0 Å². The smallest absolute Gasteiger partial charge is 0.273 e. The average Bonchev–Trinajstić information content (AvgIpc) is 2.66. The first kappa shape index (κ1) is 21.2. The molecular weight excluding hydrogens is 382 g/mol. The van der Waals surface area contributed by atoms with Crippen LogP contribution in [0.5, 0.6) is 5.75 Å². The molecule has 0 radical (unpaired) electrons. The number of carbonyl (C=O) groups is 3. The Bertz CT molecular complexity index is 856. The fourth-order valence-electron chi connectivity index (χ4n) is 2.49. The second-order valence-electron chi connectivity index (χ2n) is 6.56. The van der Waals surface area contributed by atoms with Gasteiger partial charge in [-0.15, -0.1) is 0 Å². The van der Waals surface area contributed by atoms with Gasteiger partial charge in [-0.1, -0.05) is 55.8 Å². The van der Waals surface area contributed by atoms with Crippen LogP contribution in [0.25, 0.3) is 0 Å². The van der Waals surface area contributed by atoms with E-state index in [1.807, 2.05) is 30.3 Å². The molecule has 0 aliphatic carbocycles. The highest BCUT2D eigenvalue weighted by atomic mass is 35.5. The number of halogens is 1. The Morgan fingerprint density at radius 3 is 2.36 bits per heavy atom. The summed E-state index contributed by atoms with van der Waals surface area (Å²) < 4.78 is 0. The normalized spacial score (nSPS) is 11.6. The topological polar surface area (TPSA) is 108 Å². The van der Waals surface area contributed by atoms with Crippen LogP contribution in [0.1, 0.15) is 29.8 Å². The number of carbonyl (C=O) groups excluding carboxylic acids is 3. The third kappa shape index (κ3) is 5.99. The van der Waals surface area contributed by atoms with Crippen LogP contribution in [0, 0.1) is 5.92 Å². The monoisotopic (exact) mass is 403 g/mol. The number of amides is 3. The van der Waals surface area contributed by atoms with E-state index in [4.69, 9.17) is 11.6 Å². The van der Waals surface area contributed by atoms with Crippen LogP contribution in [0.4, 0.5) is 0 Å². The third-order valence-electron chi connectivity index (χ3n) is 3.98. The Labute approximate surface area is 168 Å². The highest BCUT2D eigenvalue weighted by molar-refractivity contribution is 6.31. The van der Waals surface area contributed by atoms with Crippen LogP contribution in [0.15, 0.2) is 48.5 Å². The van der Waals surface area contributed by atoms with Crippen LogP contribution >= 0.6 is 11.6 Å². The number of benzene rings is 2. The number of aromatic hydroxyl groups is 1. The first-order valence-electron chi connectivity index (χ1n) is 8.70. The number of phenols is 1. The van der Waals surface area contributed by atoms with Gasteiger partial charge < -0.3 is 10.4 Å². The van der Waals surface area contributed by atoms with Crippen LogP contribution in [-0.4, -0.2) is 28.9 Å². The average molecular weight is 404 g/mol. The van der Waals surface area contributed by atoms with Crippen LogP contribution in [0.3, 0.4) is 0 Å². The number of hydrogen-bond acceptors (Lipinski definition) is 4. The zero-order valence-electron chi connectivity index (χ0n) is 15.5. The van der Waals surface area contributed by atoms with E-state index in [2.05, 4.69) is 16.2 Å². The van der Waals surface area contributed by atoms with Gasteiger partial charge in [-0.05, 0) is 29.7 Å². The summed E-state index contributed by atoms with van der Waals surface area (Å²) in [6.45, 7) is 3.55. The molecule has 0 saturated carbocycles. The summed E-state index contributed by atoms with van der Waals surface area (Å²) in [7, 11) is 0. The quantitative estimate of drug-likeness (QED) is 0.554. The maximum atomic E-state index is 12.4. The van der Waals surface area contributed by atoms with Crippen LogP contribution < -0.4 is 16.2 Å². The van der Waals surface area contributed by atoms with Gasteiger partial charge in [-0.25, -0.2) is 0 Å². The largest absolute Gasteiger partial charge is 0.507 e. The number of nitrogens with one attached hydrogen (secondary N) is 3. The molecule has 0 bridgehead atoms. The fourth-order valence-corrected chi connectivity index (χ4v) is 2.67. The molecule has 148 valence electrons. The van der Waals surface area contributed by atoms with E-state index >= 15 is 0 Å². The molecule has 0 spiro atoms. The Kier molecular flexibility index (Phi) is 7.40. The summed E-state index contributed by atoms with van der Waals surface area (Å²) >= 11 is 5.81. The summed E-state index contributed by atoms with van der Waals surface area (Å²) in [5, 5.41) is 12.7. The molecule has 7 nitrogen and oxygen atoms in total. The van der Waals surface area contributed by atoms with E-state index in [1.54, 1.807) is 13.8 Å². The predicted octanol–water partition coefficient (Wildman–Crippen LogP) is 2.19. The number of hydrazine groups is 1. The molecule has 28 heavy (non-hydrogen) atoms. The Balaban J connectivity index is 1.96. The minimum absolute atomic E-state index is 0.0815. The van der Waals surface area contributed by atoms with Crippen molar-refractivity contribution >= 4 is 29.3 Å². The zero-order valence-corrected chi connectivity index (χ0v) is 16.3. The molecule has 0 saturated heterocycles. The molecule has 0 aliphatic heterocycles. The molecule has 2 aromatic carbocycles. The van der Waals surface area contributed by atoms with Gasteiger partial charge in [0.1, 0.15) is 11.8 Å². The lowest BCUT2D eigenvalue weighted by Crippen LogP contribution is -2.54. The summed E-state index contributed by atoms with van der Waals surface area (Å²) in [6.07, 6.45) is 0.139. The zero-order chi connectivity index (χ0) is 20.7. The molecule has 0 heterocycles. The standard InChI is InChI=1S/C20H22ClN3O4/c1-12(2)18(22-17(26)10-13-6-4-3-5-7-13)20(28)24-23-19(27)15-11-14(21)8-9-16(15)25/h3-9,11-12,18,25H,10H2,1-2H3,(H,22,26)(H,23,27)(H,24,28)/t18-/m0/s1. The predicted molar refractivity (Wildman–Crippen MR) is 106 cm³/mol. The molecule has 3 amide bonds. The molecular formula is C20H22ClN3O4. The first-order valence-corrected chi connectivity index (χ1v) is 9.07. The van der Waals surface area contributed by atoms with Crippen molar-refractivity contribution < 1.29 is 19.5 Å². The molecule has 2 rings (SSSR count). The lowest BCUT2D eigenvalue weighted by molar-refractivity contribution is -0.130. The molecule has 0 aliphatic rings. The Morgan fingerprint density at radius 1 is 1.04 bits per heavy atom. The maximum Gasteiger partial charge on any atom is 0.273 e. The van der Waals surface area contributed by atoms with Gasteiger partial charge in [0.25, 0.3) is 11.8 Å². The lowest BCUT2D eigenvalue weighted by atomic mass is 10.0. The number of hydrogen-bond donors (Lipinski definition) is 4. The molecule has 8 heteroatoms. The second-order valence-corrected chi connectivity index (χ2v) is 6.99. The third-order valence-corrected chi connectivity index (χ3v) is 4.21. The van der Waals surface area contributed by atoms with Crippen molar-refractivity contribution in [2.24, 2.45) is 5.92 Å². The van der Waals surface area contributed by atoms with Crippen molar-refractivity contribution in [2.45, 2.75) is 26.3 Å². The van der Waals surface area contributed by atoms with Gasteiger partial charge in [0.2, 0.25) is 5.91 Å². The Morgan fingerprint density at radius 2 is 1.71 bits per heavy atom. The maximum absolute atomic E-state index is 12.4. The summed E-state index contributed by atoms with van der Waals surface area (Å²) in [4.78, 5) is 36.8. The van der Waals surface area contributed by atoms with Crippen molar-refractivity contribution in [3.63, 3.8) is 0 Å². The van der Waals surface area contributed by atoms with Gasteiger partial charge in [0, 0.05) is 5.02 Å². The lowest BCUT2D eigenvalue weighted by Gasteiger charge is -2.22. The summed E-state index contributed by atoms with van der Waals surface area (Å²) in [5.41, 5.74) is 5.23. The van der Waals surface area contributed by atoms with E-state index in [1.165, 1.54) is 18.2 Å². The minimum Gasteiger partial charge on any atom is -0.507 e. The van der Waals surface area contributed by atoms with E-state index in [0.717, 1.165) is 5.56 Å². The van der Waals surface area contributed by atoms with Gasteiger partial charge in [0.05, 0.1) is 12.0 Å². The molecule has 1 atom stereocenters. The number of phenolic OH excluding ortho intramolecular Hbond substituents is 1. The van der Waals surface area contributed by atoms with Crippen LogP contribution in [-0.2, 0) is 16.0 Å². The van der Waals surface area contributed by atoms with Gasteiger partial charge in [-0.2, -0.15) is 0 Å². The van der Waals surface area contributed by atoms with Gasteiger partial charge in [-0.3, -0.25) is 25.2 Å². The summed E-state index contributed by atoms with van der Waals surface area (Å²) in [5.74, 6) is -2.10. The van der Waals surface area contributed by atoms with E-state index in [-0.39, 0.29) is 34.6 Å². The van der Waals surface area contributed by atoms with Crippen molar-refractivity contribution in [3.8, 4) is 5.75 Å². The highest BCUT2D eigenvalue weighted by Crippen LogP contribution is 2.21. The summed E-state index contributed by atoms with van der Waals surface area (Å²) in [6, 6.07) is 12.3. The SMILES string of the molecule is CC(C)[C@H](NC(=O)Cc1ccccc1)C(=O)NNC(=O)c1cc(Cl)ccc1O. The van der Waals surface area contributed by atoms with Gasteiger partial charge >= 0.3 is 0 Å². The second kappa shape index (κ2) is 9.75. The Hall–Kier alpha value is -3.06. The molecule has 4 N–H and O–H groups in total. The minimum atomic E-state index is -0.843. The van der Waals surface area contributed by atoms with E-state index in [9.17, 15) is 19.5 Å². The first-order chi connectivity index (χ1) is 13.3. The molecule has 0 fully saturated rings. The molecule has 0 unspecified atom stereocenters. The van der Waals surface area contributed by atoms with Crippen molar-refractivity contribution in [3.05, 3.63) is 64.7 Å². The molecule has 2 aromatic rings. The number of rotatable bonds is 6. The van der Waals surface area contributed by atoms with Crippen molar-refractivity contribution in [2.75, 3.05) is 0 Å². The van der Waals surface area contributed by atoms with Crippen LogP contribution in [0.2, 0.25) is 5.02 Å². The van der Waals surface area contributed by atoms with E-state index in [0.29, 0.717) is 0 Å². The molecule has 0 aromatic heterocycles. The van der Waals surface area contributed by atoms with E-state index < -0.39 is 17.9 Å². The highest BCUT2D eigenvalue weighted by Gasteiger charge is 2.25.